The summed E-state index contributed by atoms with van der Waals surface area (Å²) in [4.78, 5) is 0. The summed E-state index contributed by atoms with van der Waals surface area (Å²) in [5.41, 5.74) is 6.03. The van der Waals surface area contributed by atoms with Crippen LogP contribution in [0.5, 0.6) is 0 Å². The molecular weight excluding hydrogens is 196 g/mol. The molecule has 1 saturated carbocycles. The van der Waals surface area contributed by atoms with Crippen molar-refractivity contribution in [1.29, 1.82) is 0 Å². The maximum absolute atomic E-state index is 5.93. The second-order valence-electron chi connectivity index (χ2n) is 5.60. The Balaban J connectivity index is 2.55. The lowest BCUT2D eigenvalue weighted by Gasteiger charge is -2.42. The lowest BCUT2D eigenvalue weighted by molar-refractivity contribution is 0.161. The third-order valence-electron chi connectivity index (χ3n) is 4.09. The number of terminal acetylenes is 1. The van der Waals surface area contributed by atoms with E-state index in [1.54, 1.807) is 0 Å². The Labute approximate surface area is 100 Å². The van der Waals surface area contributed by atoms with Crippen LogP contribution in [-0.2, 0) is 0 Å². The molecule has 92 valence electrons. The number of rotatable bonds is 4. The van der Waals surface area contributed by atoms with Crippen molar-refractivity contribution >= 4 is 0 Å². The predicted octanol–water partition coefficient (Wildman–Crippen LogP) is 2.14. The van der Waals surface area contributed by atoms with Gasteiger partial charge in [0.25, 0.3) is 0 Å². The summed E-state index contributed by atoms with van der Waals surface area (Å²) in [5.74, 6) is 4.39. The fourth-order valence-electron chi connectivity index (χ4n) is 2.77. The smallest absolute Gasteiger partial charge is 0.0663 e. The molecule has 16 heavy (non-hydrogen) atoms. The van der Waals surface area contributed by atoms with E-state index >= 15 is 0 Å². The molecule has 0 aliphatic heterocycles. The molecule has 1 unspecified atom stereocenters. The average molecular weight is 222 g/mol. The summed E-state index contributed by atoms with van der Waals surface area (Å²) in [6.07, 6.45) is 10.3. The molecule has 1 fully saturated rings. The third-order valence-corrected chi connectivity index (χ3v) is 4.09. The summed E-state index contributed by atoms with van der Waals surface area (Å²) in [6.45, 7) is 7.37. The molecular formula is C14H26N2. The van der Waals surface area contributed by atoms with Crippen molar-refractivity contribution in [3.8, 4) is 12.3 Å². The van der Waals surface area contributed by atoms with Crippen LogP contribution in [0.15, 0.2) is 0 Å². The highest BCUT2D eigenvalue weighted by atomic mass is 15.0. The van der Waals surface area contributed by atoms with Gasteiger partial charge in [-0.1, -0.05) is 19.8 Å². The average Bonchev–Trinajstić information content (AvgIpc) is 2.29. The van der Waals surface area contributed by atoms with E-state index in [0.29, 0.717) is 6.54 Å². The molecule has 2 heteroatoms. The van der Waals surface area contributed by atoms with Gasteiger partial charge in [-0.3, -0.25) is 5.32 Å². The van der Waals surface area contributed by atoms with Gasteiger partial charge >= 0.3 is 0 Å². The van der Waals surface area contributed by atoms with Crippen molar-refractivity contribution in [2.75, 3.05) is 6.54 Å². The SMILES string of the molecule is C#CC(C)NC1(CN)CCC(C(C)C)CC1. The molecule has 2 nitrogen and oxygen atoms in total. The molecule has 0 spiro atoms. The van der Waals surface area contributed by atoms with Crippen LogP contribution < -0.4 is 11.1 Å². The van der Waals surface area contributed by atoms with E-state index in [0.717, 1.165) is 11.8 Å². The van der Waals surface area contributed by atoms with Crippen molar-refractivity contribution in [2.24, 2.45) is 17.6 Å². The van der Waals surface area contributed by atoms with E-state index < -0.39 is 0 Å². The molecule has 0 aromatic heterocycles. The minimum Gasteiger partial charge on any atom is -0.329 e. The minimum absolute atomic E-state index is 0.0944. The Morgan fingerprint density at radius 3 is 2.31 bits per heavy atom. The molecule has 1 aliphatic rings. The van der Waals surface area contributed by atoms with Crippen molar-refractivity contribution in [3.05, 3.63) is 0 Å². The fraction of sp³-hybridized carbons (Fsp3) is 0.857. The maximum atomic E-state index is 5.93. The molecule has 3 N–H and O–H groups in total. The molecule has 0 amide bonds. The lowest BCUT2D eigenvalue weighted by atomic mass is 9.72. The van der Waals surface area contributed by atoms with Crippen LogP contribution in [-0.4, -0.2) is 18.1 Å². The zero-order valence-electron chi connectivity index (χ0n) is 10.9. The summed E-state index contributed by atoms with van der Waals surface area (Å²) in [7, 11) is 0. The quantitative estimate of drug-likeness (QED) is 0.715. The maximum Gasteiger partial charge on any atom is 0.0663 e. The van der Waals surface area contributed by atoms with Crippen molar-refractivity contribution in [1.82, 2.24) is 5.32 Å². The van der Waals surface area contributed by atoms with Crippen LogP contribution in [0.2, 0.25) is 0 Å². The van der Waals surface area contributed by atoms with Crippen LogP contribution in [0, 0.1) is 24.2 Å². The zero-order chi connectivity index (χ0) is 12.2. The second-order valence-corrected chi connectivity index (χ2v) is 5.60. The predicted molar refractivity (Wildman–Crippen MR) is 70.0 cm³/mol. The van der Waals surface area contributed by atoms with E-state index in [1.807, 2.05) is 6.92 Å². The Kier molecular flexibility index (Phi) is 4.83. The molecule has 0 heterocycles. The first kappa shape index (κ1) is 13.5. The molecule has 1 aliphatic carbocycles. The van der Waals surface area contributed by atoms with Crippen molar-refractivity contribution in [2.45, 2.75) is 58.0 Å². The fourth-order valence-corrected chi connectivity index (χ4v) is 2.77. The van der Waals surface area contributed by atoms with Crippen LogP contribution in [0.25, 0.3) is 0 Å². The monoisotopic (exact) mass is 222 g/mol. The Bertz CT molecular complexity index is 244. The van der Waals surface area contributed by atoms with E-state index in [-0.39, 0.29) is 11.6 Å². The second kappa shape index (κ2) is 5.70. The largest absolute Gasteiger partial charge is 0.329 e. The van der Waals surface area contributed by atoms with Crippen molar-refractivity contribution in [3.63, 3.8) is 0 Å². The van der Waals surface area contributed by atoms with Crippen LogP contribution >= 0.6 is 0 Å². The number of hydrogen-bond acceptors (Lipinski definition) is 2. The first-order valence-electron chi connectivity index (χ1n) is 6.47. The number of nitrogens with two attached hydrogens (primary N) is 1. The van der Waals surface area contributed by atoms with Gasteiger partial charge in [0, 0.05) is 12.1 Å². The first-order chi connectivity index (χ1) is 7.53. The molecule has 0 radical (unpaired) electrons. The van der Waals surface area contributed by atoms with Gasteiger partial charge < -0.3 is 5.73 Å². The molecule has 0 saturated heterocycles. The van der Waals surface area contributed by atoms with Gasteiger partial charge in [0.15, 0.2) is 0 Å². The van der Waals surface area contributed by atoms with Gasteiger partial charge in [-0.25, -0.2) is 0 Å². The number of nitrogens with one attached hydrogen (secondary N) is 1. The zero-order valence-corrected chi connectivity index (χ0v) is 10.9. The van der Waals surface area contributed by atoms with Crippen LogP contribution in [0.4, 0.5) is 0 Å². The highest BCUT2D eigenvalue weighted by Gasteiger charge is 2.35. The van der Waals surface area contributed by atoms with Crippen LogP contribution in [0.1, 0.15) is 46.5 Å². The van der Waals surface area contributed by atoms with Gasteiger partial charge in [-0.15, -0.1) is 6.42 Å². The van der Waals surface area contributed by atoms with Crippen LogP contribution in [0.3, 0.4) is 0 Å². The summed E-state index contributed by atoms with van der Waals surface area (Å²) < 4.78 is 0. The van der Waals surface area contributed by atoms with Crippen molar-refractivity contribution < 1.29 is 0 Å². The Morgan fingerprint density at radius 2 is 1.94 bits per heavy atom. The Hall–Kier alpha value is -0.520. The van der Waals surface area contributed by atoms with Gasteiger partial charge in [-0.05, 0) is 44.4 Å². The van der Waals surface area contributed by atoms with Gasteiger partial charge in [0.05, 0.1) is 6.04 Å². The third kappa shape index (κ3) is 3.23. The topological polar surface area (TPSA) is 38.0 Å². The standard InChI is InChI=1S/C14H26N2/c1-5-12(4)16-14(10-15)8-6-13(7-9-14)11(2)3/h1,11-13,16H,6-10,15H2,2-4H3. The minimum atomic E-state index is 0.0944. The molecule has 0 aromatic carbocycles. The van der Waals surface area contributed by atoms with Gasteiger partial charge in [0.2, 0.25) is 0 Å². The highest BCUT2D eigenvalue weighted by Crippen LogP contribution is 2.35. The molecule has 0 bridgehead atoms. The first-order valence-corrected chi connectivity index (χ1v) is 6.47. The molecule has 0 aromatic rings. The lowest BCUT2D eigenvalue weighted by Crippen LogP contribution is -2.56. The van der Waals surface area contributed by atoms with E-state index in [2.05, 4.69) is 25.1 Å². The van der Waals surface area contributed by atoms with E-state index in [4.69, 9.17) is 12.2 Å². The highest BCUT2D eigenvalue weighted by molar-refractivity contribution is 5.03. The summed E-state index contributed by atoms with van der Waals surface area (Å²) >= 11 is 0. The summed E-state index contributed by atoms with van der Waals surface area (Å²) in [5, 5.41) is 3.53. The Morgan fingerprint density at radius 1 is 1.38 bits per heavy atom. The van der Waals surface area contributed by atoms with E-state index in [1.165, 1.54) is 25.7 Å². The van der Waals surface area contributed by atoms with Gasteiger partial charge in [0.1, 0.15) is 0 Å². The molecule has 1 rings (SSSR count). The normalized spacial score (nSPS) is 32.4. The van der Waals surface area contributed by atoms with Gasteiger partial charge in [-0.2, -0.15) is 0 Å². The number of hydrogen-bond donors (Lipinski definition) is 2. The summed E-state index contributed by atoms with van der Waals surface area (Å²) in [6, 6.07) is 0.124. The molecule has 1 atom stereocenters. The van der Waals surface area contributed by atoms with E-state index in [9.17, 15) is 0 Å².